The number of halogens is 2. The minimum absolute atomic E-state index is 0.0184. The van der Waals surface area contributed by atoms with Crippen molar-refractivity contribution in [2.45, 2.75) is 26.8 Å². The Kier molecular flexibility index (Phi) is 6.16. The zero-order valence-corrected chi connectivity index (χ0v) is 12.6. The Morgan fingerprint density at radius 3 is 2.55 bits per heavy atom. The standard InChI is InChI=1S/C13H19ClFN3O2/c1-4-17(5-2)8-9(3)16-12-6-10(14)11(15)7-13(12)18(19)20/h6-7,9,16H,4-5,8H2,1-3H3. The Bertz CT molecular complexity index is 481. The number of nitro groups is 1. The van der Waals surface area contributed by atoms with Gasteiger partial charge in [-0.2, -0.15) is 0 Å². The van der Waals surface area contributed by atoms with Gasteiger partial charge in [-0.05, 0) is 26.1 Å². The summed E-state index contributed by atoms with van der Waals surface area (Å²) in [6, 6.07) is 2.08. The number of rotatable bonds is 7. The molecule has 112 valence electrons. The predicted molar refractivity (Wildman–Crippen MR) is 78.9 cm³/mol. The van der Waals surface area contributed by atoms with Gasteiger partial charge < -0.3 is 10.2 Å². The summed E-state index contributed by atoms with van der Waals surface area (Å²) in [5.74, 6) is -0.791. The van der Waals surface area contributed by atoms with E-state index >= 15 is 0 Å². The lowest BCUT2D eigenvalue weighted by Gasteiger charge is -2.24. The second-order valence-corrected chi connectivity index (χ2v) is 4.98. The Morgan fingerprint density at radius 1 is 1.45 bits per heavy atom. The Balaban J connectivity index is 2.90. The van der Waals surface area contributed by atoms with Gasteiger partial charge in [0, 0.05) is 12.6 Å². The second kappa shape index (κ2) is 7.40. The number of benzene rings is 1. The van der Waals surface area contributed by atoms with Gasteiger partial charge in [-0.1, -0.05) is 25.4 Å². The van der Waals surface area contributed by atoms with E-state index in [4.69, 9.17) is 11.6 Å². The van der Waals surface area contributed by atoms with Crippen LogP contribution in [0, 0.1) is 15.9 Å². The van der Waals surface area contributed by atoms with Gasteiger partial charge in [0.25, 0.3) is 5.69 Å². The fourth-order valence-electron chi connectivity index (χ4n) is 1.98. The van der Waals surface area contributed by atoms with Crippen LogP contribution in [-0.4, -0.2) is 35.5 Å². The van der Waals surface area contributed by atoms with Crippen LogP contribution < -0.4 is 5.32 Å². The van der Waals surface area contributed by atoms with E-state index in [2.05, 4.69) is 10.2 Å². The number of hydrogen-bond donors (Lipinski definition) is 1. The highest BCUT2D eigenvalue weighted by molar-refractivity contribution is 6.31. The van der Waals surface area contributed by atoms with Crippen molar-refractivity contribution in [1.29, 1.82) is 0 Å². The summed E-state index contributed by atoms with van der Waals surface area (Å²) in [5.41, 5.74) is -0.0700. The molecule has 0 aliphatic heterocycles. The van der Waals surface area contributed by atoms with Crippen LogP contribution in [0.1, 0.15) is 20.8 Å². The number of hydrogen-bond acceptors (Lipinski definition) is 4. The third-order valence-corrected chi connectivity index (χ3v) is 3.35. The second-order valence-electron chi connectivity index (χ2n) is 4.57. The first-order valence-corrected chi connectivity index (χ1v) is 6.89. The van der Waals surface area contributed by atoms with Crippen molar-refractivity contribution in [3.05, 3.63) is 33.1 Å². The molecule has 20 heavy (non-hydrogen) atoms. The average Bonchev–Trinajstić information content (AvgIpc) is 2.39. The van der Waals surface area contributed by atoms with Crippen LogP contribution >= 0.6 is 11.6 Å². The molecule has 1 aromatic carbocycles. The van der Waals surface area contributed by atoms with Gasteiger partial charge in [0.05, 0.1) is 16.0 Å². The Morgan fingerprint density at radius 2 is 2.05 bits per heavy atom. The van der Waals surface area contributed by atoms with Gasteiger partial charge >= 0.3 is 0 Å². The number of likely N-dealkylation sites (N-methyl/N-ethyl adjacent to an activating group) is 1. The van der Waals surface area contributed by atoms with Crippen LogP contribution in [0.2, 0.25) is 5.02 Å². The number of nitro benzene ring substituents is 1. The van der Waals surface area contributed by atoms with Gasteiger partial charge in [0.15, 0.2) is 0 Å². The van der Waals surface area contributed by atoms with Gasteiger partial charge in [0.1, 0.15) is 11.5 Å². The normalized spacial score (nSPS) is 12.5. The van der Waals surface area contributed by atoms with E-state index in [1.165, 1.54) is 6.07 Å². The van der Waals surface area contributed by atoms with Crippen molar-refractivity contribution in [1.82, 2.24) is 4.90 Å². The van der Waals surface area contributed by atoms with Crippen molar-refractivity contribution in [3.63, 3.8) is 0 Å². The average molecular weight is 304 g/mol. The summed E-state index contributed by atoms with van der Waals surface area (Å²) in [6.45, 7) is 8.54. The van der Waals surface area contributed by atoms with Crippen molar-refractivity contribution in [3.8, 4) is 0 Å². The largest absolute Gasteiger partial charge is 0.376 e. The minimum atomic E-state index is -0.791. The molecule has 1 aromatic rings. The lowest BCUT2D eigenvalue weighted by atomic mass is 10.2. The van der Waals surface area contributed by atoms with Gasteiger partial charge in [-0.25, -0.2) is 4.39 Å². The number of anilines is 1. The third-order valence-electron chi connectivity index (χ3n) is 3.06. The molecule has 0 aromatic heterocycles. The van der Waals surface area contributed by atoms with Gasteiger partial charge in [-0.15, -0.1) is 0 Å². The van der Waals surface area contributed by atoms with Crippen molar-refractivity contribution in [2.24, 2.45) is 0 Å². The molecule has 5 nitrogen and oxygen atoms in total. The van der Waals surface area contributed by atoms with Crippen LogP contribution in [0.3, 0.4) is 0 Å². The summed E-state index contributed by atoms with van der Waals surface area (Å²) >= 11 is 5.69. The highest BCUT2D eigenvalue weighted by Crippen LogP contribution is 2.30. The van der Waals surface area contributed by atoms with Crippen LogP contribution in [0.5, 0.6) is 0 Å². The summed E-state index contributed by atoms with van der Waals surface area (Å²) in [4.78, 5) is 12.5. The highest BCUT2D eigenvalue weighted by Gasteiger charge is 2.19. The van der Waals surface area contributed by atoms with Gasteiger partial charge in [0.2, 0.25) is 0 Å². The third kappa shape index (κ3) is 4.31. The molecule has 1 N–H and O–H groups in total. The maximum Gasteiger partial charge on any atom is 0.295 e. The maximum absolute atomic E-state index is 13.3. The maximum atomic E-state index is 13.3. The molecule has 0 radical (unpaired) electrons. The van der Waals surface area contributed by atoms with Crippen molar-refractivity contribution in [2.75, 3.05) is 25.0 Å². The van der Waals surface area contributed by atoms with Gasteiger partial charge in [-0.3, -0.25) is 10.1 Å². The Hall–Kier alpha value is -1.40. The molecule has 1 rings (SSSR count). The summed E-state index contributed by atoms with van der Waals surface area (Å²) in [6.07, 6.45) is 0. The molecule has 0 amide bonds. The summed E-state index contributed by atoms with van der Waals surface area (Å²) < 4.78 is 13.3. The predicted octanol–water partition coefficient (Wildman–Crippen LogP) is 3.53. The van der Waals surface area contributed by atoms with Crippen LogP contribution in [-0.2, 0) is 0 Å². The fourth-order valence-corrected chi connectivity index (χ4v) is 2.15. The van der Waals surface area contributed by atoms with E-state index in [0.29, 0.717) is 0 Å². The summed E-state index contributed by atoms with van der Waals surface area (Å²) in [7, 11) is 0. The molecular formula is C13H19ClFN3O2. The van der Waals surface area contributed by atoms with E-state index in [1.54, 1.807) is 0 Å². The lowest BCUT2D eigenvalue weighted by molar-refractivity contribution is -0.384. The van der Waals surface area contributed by atoms with Crippen LogP contribution in [0.25, 0.3) is 0 Å². The molecule has 0 heterocycles. The smallest absolute Gasteiger partial charge is 0.295 e. The molecule has 0 saturated heterocycles. The number of nitrogens with one attached hydrogen (secondary N) is 1. The zero-order valence-electron chi connectivity index (χ0n) is 11.8. The molecule has 0 fully saturated rings. The first-order valence-electron chi connectivity index (χ1n) is 6.51. The SMILES string of the molecule is CCN(CC)CC(C)Nc1cc(Cl)c(F)cc1[N+](=O)[O-]. The number of nitrogens with zero attached hydrogens (tertiary/aromatic N) is 2. The fraction of sp³-hybridized carbons (Fsp3) is 0.538. The molecular weight excluding hydrogens is 285 g/mol. The van der Waals surface area contributed by atoms with Crippen molar-refractivity contribution >= 4 is 23.0 Å². The first kappa shape index (κ1) is 16.7. The zero-order chi connectivity index (χ0) is 15.3. The molecule has 0 aliphatic rings. The molecule has 0 saturated carbocycles. The topological polar surface area (TPSA) is 58.4 Å². The summed E-state index contributed by atoms with van der Waals surface area (Å²) in [5, 5.41) is 13.8. The molecule has 0 spiro atoms. The van der Waals surface area contributed by atoms with Crippen molar-refractivity contribution < 1.29 is 9.31 Å². The quantitative estimate of drug-likeness (QED) is 0.618. The van der Waals surface area contributed by atoms with E-state index < -0.39 is 10.7 Å². The first-order chi connectivity index (χ1) is 9.38. The molecule has 0 bridgehead atoms. The molecule has 1 unspecified atom stereocenters. The highest BCUT2D eigenvalue weighted by atomic mass is 35.5. The molecule has 1 atom stereocenters. The monoisotopic (exact) mass is 303 g/mol. The van der Waals surface area contributed by atoms with Crippen LogP contribution in [0.15, 0.2) is 12.1 Å². The van der Waals surface area contributed by atoms with E-state index in [-0.39, 0.29) is 22.4 Å². The lowest BCUT2D eigenvalue weighted by Crippen LogP contribution is -2.34. The Labute approximate surface area is 122 Å². The molecule has 0 aliphatic carbocycles. The molecule has 7 heteroatoms. The van der Waals surface area contributed by atoms with Crippen LogP contribution in [0.4, 0.5) is 15.8 Å². The van der Waals surface area contributed by atoms with E-state index in [0.717, 1.165) is 25.7 Å². The minimum Gasteiger partial charge on any atom is -0.376 e. The van der Waals surface area contributed by atoms with E-state index in [9.17, 15) is 14.5 Å². The van der Waals surface area contributed by atoms with E-state index in [1.807, 2.05) is 20.8 Å².